The molecule has 4 rings (SSSR count). The first kappa shape index (κ1) is 33.4. The smallest absolute Gasteiger partial charge is 0.142 e. The summed E-state index contributed by atoms with van der Waals surface area (Å²) in [5.41, 5.74) is 0. The Bertz CT molecular complexity index is 493. The van der Waals surface area contributed by atoms with Gasteiger partial charge in [-0.2, -0.15) is 0 Å². The Morgan fingerprint density at radius 2 is 0.556 bits per heavy atom. The molecule has 4 aliphatic rings. The molecule has 8 nitrogen and oxygen atoms in total. The molecule has 4 heterocycles. The summed E-state index contributed by atoms with van der Waals surface area (Å²) in [5, 5.41) is 35.7. The Hall–Kier alpha value is -0.600. The van der Waals surface area contributed by atoms with Crippen molar-refractivity contribution in [2.45, 2.75) is 101 Å². The zero-order valence-electron chi connectivity index (χ0n) is 22.8. The van der Waals surface area contributed by atoms with E-state index in [1.807, 2.05) is 47.8 Å². The van der Waals surface area contributed by atoms with Crippen LogP contribution < -0.4 is 0 Å². The van der Waals surface area contributed by atoms with E-state index in [9.17, 15) is 17.6 Å². The number of β-amino-alcohol motifs (C(OH)–C–C–N with tert-alkyl or cyclic N) is 4. The lowest BCUT2D eigenvalue weighted by molar-refractivity contribution is 0.107. The van der Waals surface area contributed by atoms with Crippen molar-refractivity contribution >= 4 is 0 Å². The van der Waals surface area contributed by atoms with Crippen LogP contribution in [0.3, 0.4) is 0 Å². The van der Waals surface area contributed by atoms with E-state index in [1.165, 1.54) is 0 Å². The number of likely N-dealkylation sites (N-methyl/N-ethyl adjacent to an activating group) is 4. The molecule has 0 saturated carbocycles. The molecule has 4 fully saturated rings. The fourth-order valence-corrected chi connectivity index (χ4v) is 4.51. The number of alkyl halides is 4. The molecule has 12 atom stereocenters. The first-order chi connectivity index (χ1) is 16.5. The van der Waals surface area contributed by atoms with E-state index < -0.39 is 49.1 Å². The molecule has 4 aliphatic heterocycles. The number of nitrogens with zero attached hydrogens (tertiary/aromatic N) is 4. The van der Waals surface area contributed by atoms with Crippen molar-refractivity contribution in [1.29, 1.82) is 0 Å². The minimum atomic E-state index is -1.06. The van der Waals surface area contributed by atoms with Crippen molar-refractivity contribution in [3.05, 3.63) is 0 Å². The van der Waals surface area contributed by atoms with Crippen molar-refractivity contribution in [3.8, 4) is 0 Å². The van der Waals surface area contributed by atoms with Crippen molar-refractivity contribution in [1.82, 2.24) is 19.6 Å². The largest absolute Gasteiger partial charge is 0.389 e. The molecule has 0 aromatic rings. The third-order valence-electron chi connectivity index (χ3n) is 7.99. The van der Waals surface area contributed by atoms with E-state index in [2.05, 4.69) is 0 Å². The molecule has 12 heteroatoms. The second-order valence-electron chi connectivity index (χ2n) is 10.8. The normalized spacial score (nSPS) is 46.0. The first-order valence-electron chi connectivity index (χ1n) is 12.6. The van der Waals surface area contributed by atoms with Gasteiger partial charge in [-0.05, 0) is 55.9 Å². The number of likely N-dealkylation sites (tertiary alicyclic amines) is 4. The molecular weight excluding hydrogens is 484 g/mol. The SMILES string of the molecule is C[C@@H]1[C@@H](F)[C@@H](O)CN1C.C[C@@H]1[C@@H](F)[C@H](O)CN1C.C[C@@H]1[C@H](F)[C@@H](O)CN1C.C[C@@H]1[C@H](F)[C@H](O)CN1C. The van der Waals surface area contributed by atoms with E-state index >= 15 is 0 Å². The molecule has 0 amide bonds. The summed E-state index contributed by atoms with van der Waals surface area (Å²) < 4.78 is 50.7. The van der Waals surface area contributed by atoms with Gasteiger partial charge in [-0.25, -0.2) is 17.6 Å². The highest BCUT2D eigenvalue weighted by Gasteiger charge is 2.38. The van der Waals surface area contributed by atoms with Crippen molar-refractivity contribution in [3.63, 3.8) is 0 Å². The Balaban J connectivity index is 0.000000240. The molecule has 0 radical (unpaired) electrons. The van der Waals surface area contributed by atoms with E-state index in [-0.39, 0.29) is 24.2 Å². The maximum Gasteiger partial charge on any atom is 0.142 e. The molecule has 36 heavy (non-hydrogen) atoms. The quantitative estimate of drug-likeness (QED) is 0.326. The summed E-state index contributed by atoms with van der Waals surface area (Å²) in [6.07, 6.45) is -7.33. The first-order valence-corrected chi connectivity index (χ1v) is 12.6. The highest BCUT2D eigenvalue weighted by molar-refractivity contribution is 4.90. The third kappa shape index (κ3) is 8.72. The molecule has 216 valence electrons. The van der Waals surface area contributed by atoms with Crippen molar-refractivity contribution in [2.75, 3.05) is 54.4 Å². The monoisotopic (exact) mass is 532 g/mol. The summed E-state index contributed by atoms with van der Waals surface area (Å²) in [7, 11) is 7.25. The molecule has 0 aromatic heterocycles. The fourth-order valence-electron chi connectivity index (χ4n) is 4.51. The fraction of sp³-hybridized carbons (Fsp3) is 1.00. The predicted octanol–water partition coefficient (Wildman–Crippen LogP) is 0.0772. The van der Waals surface area contributed by atoms with Gasteiger partial charge in [0.1, 0.15) is 24.7 Å². The lowest BCUT2D eigenvalue weighted by Crippen LogP contribution is -2.27. The molecule has 0 unspecified atom stereocenters. The van der Waals surface area contributed by atoms with Crippen LogP contribution in [0.2, 0.25) is 0 Å². The Kier molecular flexibility index (Phi) is 13.5. The zero-order valence-corrected chi connectivity index (χ0v) is 22.8. The van der Waals surface area contributed by atoms with E-state index in [1.54, 1.807) is 27.7 Å². The summed E-state index contributed by atoms with van der Waals surface area (Å²) >= 11 is 0. The van der Waals surface area contributed by atoms with E-state index in [0.29, 0.717) is 26.2 Å². The maximum atomic E-state index is 12.7. The molecule has 0 spiro atoms. The van der Waals surface area contributed by atoms with Crippen LogP contribution in [-0.4, -0.2) is 168 Å². The van der Waals surface area contributed by atoms with Crippen LogP contribution in [-0.2, 0) is 0 Å². The van der Waals surface area contributed by atoms with E-state index in [4.69, 9.17) is 20.4 Å². The topological polar surface area (TPSA) is 93.9 Å². The molecule has 4 N–H and O–H groups in total. The lowest BCUT2D eigenvalue weighted by Gasteiger charge is -2.13. The lowest BCUT2D eigenvalue weighted by atomic mass is 10.2. The maximum absolute atomic E-state index is 12.7. The number of hydrogen-bond donors (Lipinski definition) is 4. The third-order valence-corrected chi connectivity index (χ3v) is 7.99. The van der Waals surface area contributed by atoms with Crippen LogP contribution in [0.4, 0.5) is 17.6 Å². The number of hydrogen-bond acceptors (Lipinski definition) is 8. The highest BCUT2D eigenvalue weighted by Crippen LogP contribution is 2.20. The van der Waals surface area contributed by atoms with Crippen molar-refractivity contribution < 1.29 is 38.0 Å². The number of aliphatic hydroxyl groups is 4. The van der Waals surface area contributed by atoms with Gasteiger partial charge in [0.05, 0.1) is 24.4 Å². The van der Waals surface area contributed by atoms with Gasteiger partial charge in [0.2, 0.25) is 0 Å². The van der Waals surface area contributed by atoms with Gasteiger partial charge in [-0.3, -0.25) is 19.6 Å². The molecule has 0 aliphatic carbocycles. The predicted molar refractivity (Wildman–Crippen MR) is 132 cm³/mol. The van der Waals surface area contributed by atoms with Gasteiger partial charge in [-0.1, -0.05) is 0 Å². The van der Waals surface area contributed by atoms with Gasteiger partial charge in [0, 0.05) is 50.3 Å². The van der Waals surface area contributed by atoms with Gasteiger partial charge in [-0.15, -0.1) is 0 Å². The van der Waals surface area contributed by atoms with Crippen LogP contribution in [0, 0.1) is 0 Å². The molecular formula is C24H48F4N4O4. The molecule has 0 aromatic carbocycles. The summed E-state index contributed by atoms with van der Waals surface area (Å²) in [6, 6.07) is -0.500. The minimum absolute atomic E-state index is 0.125. The van der Waals surface area contributed by atoms with Gasteiger partial charge >= 0.3 is 0 Å². The van der Waals surface area contributed by atoms with Gasteiger partial charge in [0.25, 0.3) is 0 Å². The average molecular weight is 533 g/mol. The van der Waals surface area contributed by atoms with Gasteiger partial charge < -0.3 is 20.4 Å². The van der Waals surface area contributed by atoms with Crippen LogP contribution in [0.25, 0.3) is 0 Å². The number of rotatable bonds is 0. The highest BCUT2D eigenvalue weighted by atomic mass is 19.1. The second kappa shape index (κ2) is 14.5. The standard InChI is InChI=1S/4C6H12FNO/c4*1-4-6(7)5(9)3-8(4)2/h4*4-6,9H,3H2,1-2H3/t4-,5+,6+;4-,5+,6-;4-,5-,6+;4-,5-,6-/m1111/s1. The summed E-state index contributed by atoms with van der Waals surface area (Å²) in [5.74, 6) is 0. The number of aliphatic hydroxyl groups excluding tert-OH is 4. The van der Waals surface area contributed by atoms with Crippen LogP contribution >= 0.6 is 0 Å². The minimum Gasteiger partial charge on any atom is -0.389 e. The summed E-state index contributed by atoms with van der Waals surface area (Å²) in [4.78, 5) is 7.26. The van der Waals surface area contributed by atoms with Crippen molar-refractivity contribution in [2.24, 2.45) is 0 Å². The Morgan fingerprint density at radius 1 is 0.417 bits per heavy atom. The van der Waals surface area contributed by atoms with Gasteiger partial charge in [0.15, 0.2) is 0 Å². The summed E-state index contributed by atoms with van der Waals surface area (Å²) in [6.45, 7) is 8.96. The zero-order chi connectivity index (χ0) is 28.1. The van der Waals surface area contributed by atoms with Crippen LogP contribution in [0.15, 0.2) is 0 Å². The Labute approximate surface area is 213 Å². The Morgan fingerprint density at radius 3 is 0.583 bits per heavy atom. The molecule has 0 bridgehead atoms. The van der Waals surface area contributed by atoms with Crippen LogP contribution in [0.1, 0.15) is 27.7 Å². The van der Waals surface area contributed by atoms with E-state index in [0.717, 1.165) is 0 Å². The number of halogens is 4. The second-order valence-corrected chi connectivity index (χ2v) is 10.8. The molecule has 4 saturated heterocycles. The van der Waals surface area contributed by atoms with Crippen LogP contribution in [0.5, 0.6) is 0 Å². The average Bonchev–Trinajstić information content (AvgIpc) is 3.37.